The number of carbonyl (C=O) groups excluding carboxylic acids is 1. The minimum atomic E-state index is -4.48. The molecule has 4 N–H and O–H groups in total. The Bertz CT molecular complexity index is 1220. The van der Waals surface area contributed by atoms with Crippen LogP contribution in [0.3, 0.4) is 0 Å². The van der Waals surface area contributed by atoms with Gasteiger partial charge in [-0.2, -0.15) is 0 Å². The summed E-state index contributed by atoms with van der Waals surface area (Å²) in [6.45, 7) is 10.4. The first-order valence-electron chi connectivity index (χ1n) is 17.7. The van der Waals surface area contributed by atoms with Gasteiger partial charge in [-0.05, 0) is 58.2 Å². The van der Waals surface area contributed by atoms with Crippen LogP contribution in [0, 0.1) is 13.8 Å². The second kappa shape index (κ2) is 22.2. The number of hydrogen-bond acceptors (Lipinski definition) is 6. The summed E-state index contributed by atoms with van der Waals surface area (Å²) >= 11 is 0. The van der Waals surface area contributed by atoms with Gasteiger partial charge in [-0.25, -0.2) is 0 Å². The molecule has 0 unspecified atom stereocenters. The van der Waals surface area contributed by atoms with Crippen LogP contribution in [0.15, 0.2) is 30.5 Å². The van der Waals surface area contributed by atoms with Gasteiger partial charge in [-0.3, -0.25) is 14.3 Å². The van der Waals surface area contributed by atoms with Gasteiger partial charge in [0.05, 0.1) is 30.1 Å². The molecule has 1 heterocycles. The van der Waals surface area contributed by atoms with Gasteiger partial charge in [-0.15, -0.1) is 0 Å². The fraction of sp³-hybridized carbons (Fsp3) is 0.676. The van der Waals surface area contributed by atoms with E-state index in [9.17, 15) is 24.3 Å². The number of amides is 1. The van der Waals surface area contributed by atoms with Crippen molar-refractivity contribution in [2.75, 3.05) is 6.16 Å². The highest BCUT2D eigenvalue weighted by atomic mass is 31.2. The molecule has 0 fully saturated rings. The zero-order valence-corrected chi connectivity index (χ0v) is 30.4. The molecule has 1 aromatic heterocycles. The maximum atomic E-state index is 12.8. The van der Waals surface area contributed by atoms with E-state index in [1.54, 1.807) is 18.3 Å². The fourth-order valence-electron chi connectivity index (χ4n) is 5.68. The fourth-order valence-corrected chi connectivity index (χ4v) is 6.43. The van der Waals surface area contributed by atoms with Crippen molar-refractivity contribution in [3.05, 3.63) is 52.8 Å². The van der Waals surface area contributed by atoms with E-state index in [-0.39, 0.29) is 25.0 Å². The molecule has 2 rings (SSSR count). The number of unbranched alkanes of at least 4 members (excludes halogenated alkanes) is 12. The number of aryl methyl sites for hydroxylation is 1. The molecular formula is C37H61N2O7P. The van der Waals surface area contributed by atoms with Crippen LogP contribution in [0.1, 0.15) is 133 Å². The normalized spacial score (nSPS) is 13.0. The average molecular weight is 677 g/mol. The minimum absolute atomic E-state index is 0.0455. The molecule has 10 heteroatoms. The zero-order valence-electron chi connectivity index (χ0n) is 29.5. The zero-order chi connectivity index (χ0) is 34.7. The molecule has 0 saturated heterocycles. The summed E-state index contributed by atoms with van der Waals surface area (Å²) in [6.07, 6.45) is 16.1. The molecule has 47 heavy (non-hydrogen) atoms. The summed E-state index contributed by atoms with van der Waals surface area (Å²) in [4.78, 5) is 36.2. The first-order valence-corrected chi connectivity index (χ1v) is 19.5. The number of aliphatic hydroxyl groups is 1. The Morgan fingerprint density at radius 2 is 1.45 bits per heavy atom. The molecule has 0 spiro atoms. The van der Waals surface area contributed by atoms with E-state index in [2.05, 4.69) is 17.2 Å². The summed E-state index contributed by atoms with van der Waals surface area (Å²) in [6, 6.07) is 6.42. The van der Waals surface area contributed by atoms with Crippen molar-refractivity contribution in [3.8, 4) is 11.5 Å². The van der Waals surface area contributed by atoms with E-state index < -0.39 is 25.9 Å². The average Bonchev–Trinajstić information content (AvgIpc) is 3.00. The van der Waals surface area contributed by atoms with Crippen LogP contribution < -0.4 is 14.8 Å². The van der Waals surface area contributed by atoms with Gasteiger partial charge in [0.1, 0.15) is 18.1 Å². The number of aromatic nitrogens is 1. The van der Waals surface area contributed by atoms with E-state index in [1.165, 1.54) is 64.2 Å². The van der Waals surface area contributed by atoms with Crippen LogP contribution in [0.2, 0.25) is 0 Å². The van der Waals surface area contributed by atoms with Crippen LogP contribution in [0.4, 0.5) is 0 Å². The highest BCUT2D eigenvalue weighted by Crippen LogP contribution is 2.36. The number of carbonyl (C=O) groups is 1. The molecule has 0 aliphatic carbocycles. The molecule has 2 atom stereocenters. The lowest BCUT2D eigenvalue weighted by Gasteiger charge is -2.25. The number of aliphatic hydroxyl groups excluding tert-OH is 1. The molecule has 0 radical (unpaired) electrons. The Balaban J connectivity index is 1.82. The lowest BCUT2D eigenvalue weighted by Crippen LogP contribution is -2.46. The van der Waals surface area contributed by atoms with E-state index >= 15 is 0 Å². The van der Waals surface area contributed by atoms with Crippen molar-refractivity contribution in [3.63, 3.8) is 0 Å². The summed E-state index contributed by atoms with van der Waals surface area (Å²) < 4.78 is 23.6. The van der Waals surface area contributed by atoms with Gasteiger partial charge < -0.3 is 29.7 Å². The second-order valence-electron chi connectivity index (χ2n) is 13.2. The lowest BCUT2D eigenvalue weighted by molar-refractivity contribution is -0.122. The van der Waals surface area contributed by atoms with E-state index in [0.717, 1.165) is 47.4 Å². The summed E-state index contributed by atoms with van der Waals surface area (Å²) in [5, 5.41) is 13.5. The Labute approximate surface area is 283 Å². The van der Waals surface area contributed by atoms with Crippen molar-refractivity contribution in [2.45, 2.75) is 156 Å². The molecule has 0 bridgehead atoms. The quantitative estimate of drug-likeness (QED) is 0.0611. The maximum absolute atomic E-state index is 12.8. The van der Waals surface area contributed by atoms with Gasteiger partial charge in [0.25, 0.3) is 0 Å². The Hall–Kier alpha value is -2.45. The van der Waals surface area contributed by atoms with E-state index in [4.69, 9.17) is 9.47 Å². The monoisotopic (exact) mass is 676 g/mol. The number of hydrogen-bond donors (Lipinski definition) is 4. The lowest BCUT2D eigenvalue weighted by atomic mass is 10.0. The van der Waals surface area contributed by atoms with E-state index in [0.29, 0.717) is 12.2 Å². The largest absolute Gasteiger partial charge is 0.490 e. The third-order valence-corrected chi connectivity index (χ3v) is 9.25. The van der Waals surface area contributed by atoms with Crippen molar-refractivity contribution in [1.82, 2.24) is 10.3 Å². The van der Waals surface area contributed by atoms with Crippen LogP contribution in [-0.2, 0) is 22.4 Å². The van der Waals surface area contributed by atoms with Gasteiger partial charge in [0.2, 0.25) is 5.91 Å². The smallest absolute Gasteiger partial charge is 0.328 e. The predicted molar refractivity (Wildman–Crippen MR) is 189 cm³/mol. The van der Waals surface area contributed by atoms with Gasteiger partial charge >= 0.3 is 7.60 Å². The Morgan fingerprint density at radius 3 is 1.98 bits per heavy atom. The minimum Gasteiger partial charge on any atom is -0.490 e. The molecule has 1 amide bonds. The van der Waals surface area contributed by atoms with Crippen LogP contribution in [0.5, 0.6) is 11.5 Å². The number of nitrogens with zero attached hydrogens (tertiary/aromatic N) is 1. The number of ether oxygens (including phenoxy) is 2. The Kier molecular flexibility index (Phi) is 19.3. The topological polar surface area (TPSA) is 138 Å². The van der Waals surface area contributed by atoms with Crippen LogP contribution in [0.25, 0.3) is 0 Å². The number of rotatable bonds is 25. The molecule has 9 nitrogen and oxygen atoms in total. The highest BCUT2D eigenvalue weighted by molar-refractivity contribution is 7.51. The predicted octanol–water partition coefficient (Wildman–Crippen LogP) is 8.11. The molecule has 1 aromatic carbocycles. The SMILES string of the molecule is CCCCCCCCCCCCCCCC(=O)N[C@@H](Cc1ccc(OCc2ncc(C)c(OC(C)C)c2C)cc1)[C@@H](O)CP(=O)(O)O. The maximum Gasteiger partial charge on any atom is 0.328 e. The van der Waals surface area contributed by atoms with Gasteiger partial charge in [0, 0.05) is 23.7 Å². The molecule has 266 valence electrons. The molecule has 0 aliphatic heterocycles. The molecule has 0 aliphatic rings. The summed E-state index contributed by atoms with van der Waals surface area (Å²) in [5.74, 6) is 1.23. The van der Waals surface area contributed by atoms with Gasteiger partial charge in [-0.1, -0.05) is 96.1 Å². The van der Waals surface area contributed by atoms with Crippen molar-refractivity contribution in [2.24, 2.45) is 0 Å². The standard InChI is InChI=1S/C37H61N2O7P/c1-6-7-8-9-10-11-12-13-14-15-16-17-18-19-36(41)39-33(35(40)27-47(42,43)44)24-31-20-22-32(23-21-31)45-26-34-30(5)37(46-28(2)3)29(4)25-38-34/h20-23,25,28,33,35,40H,6-19,24,26-27H2,1-5H3,(H,39,41)(H2,42,43,44)/t33-,35-/m0/s1. The van der Waals surface area contributed by atoms with Crippen molar-refractivity contribution < 1.29 is 33.7 Å². The van der Waals surface area contributed by atoms with Gasteiger partial charge in [0.15, 0.2) is 0 Å². The highest BCUT2D eigenvalue weighted by Gasteiger charge is 2.28. The third kappa shape index (κ3) is 17.5. The number of pyridine rings is 1. The summed E-state index contributed by atoms with van der Waals surface area (Å²) in [5.41, 5.74) is 3.48. The van der Waals surface area contributed by atoms with Crippen molar-refractivity contribution >= 4 is 13.5 Å². The number of nitrogens with one attached hydrogen (secondary N) is 1. The molecule has 0 saturated carbocycles. The van der Waals surface area contributed by atoms with E-state index in [1.807, 2.05) is 39.8 Å². The first-order chi connectivity index (χ1) is 22.4. The summed E-state index contributed by atoms with van der Waals surface area (Å²) in [7, 11) is -4.48. The number of benzene rings is 1. The van der Waals surface area contributed by atoms with Crippen LogP contribution in [-0.4, -0.2) is 50.2 Å². The second-order valence-corrected chi connectivity index (χ2v) is 14.9. The first kappa shape index (κ1) is 40.7. The molecule has 2 aromatic rings. The molecular weight excluding hydrogens is 615 g/mol. The third-order valence-electron chi connectivity index (χ3n) is 8.40. The Morgan fingerprint density at radius 1 is 0.894 bits per heavy atom. The van der Waals surface area contributed by atoms with Crippen LogP contribution >= 0.6 is 7.60 Å². The van der Waals surface area contributed by atoms with Crippen molar-refractivity contribution in [1.29, 1.82) is 0 Å².